The lowest BCUT2D eigenvalue weighted by Gasteiger charge is -2.26. The van der Waals surface area contributed by atoms with Crippen molar-refractivity contribution in [3.63, 3.8) is 0 Å². The first-order valence-electron chi connectivity index (χ1n) is 10.7. The molecular weight excluding hydrogens is 422 g/mol. The molecule has 0 aliphatic carbocycles. The number of carbonyl (C=O) groups is 2. The van der Waals surface area contributed by atoms with Crippen LogP contribution in [0.15, 0.2) is 66.2 Å². The summed E-state index contributed by atoms with van der Waals surface area (Å²) in [5, 5.41) is 11.5. The molecule has 164 valence electrons. The summed E-state index contributed by atoms with van der Waals surface area (Å²) < 4.78 is 0. The molecule has 6 nitrogen and oxygen atoms in total. The number of thiazole rings is 1. The Bertz CT molecular complexity index is 1160. The third-order valence-corrected chi connectivity index (χ3v) is 6.80. The molecule has 1 amide bonds. The monoisotopic (exact) mass is 447 g/mol. The second kappa shape index (κ2) is 9.44. The molecule has 0 radical (unpaired) electrons. The minimum Gasteiger partial charge on any atom is -0.503 e. The number of benzene rings is 1. The van der Waals surface area contributed by atoms with E-state index in [0.29, 0.717) is 17.1 Å². The van der Waals surface area contributed by atoms with Crippen LogP contribution in [-0.2, 0) is 4.79 Å². The normalized spacial score (nSPS) is 16.1. The molecule has 1 aromatic carbocycles. The van der Waals surface area contributed by atoms with Crippen molar-refractivity contribution < 1.29 is 14.7 Å². The van der Waals surface area contributed by atoms with E-state index in [-0.39, 0.29) is 11.4 Å². The van der Waals surface area contributed by atoms with E-state index in [4.69, 9.17) is 0 Å². The van der Waals surface area contributed by atoms with Crippen molar-refractivity contribution in [2.75, 3.05) is 6.54 Å². The van der Waals surface area contributed by atoms with Crippen molar-refractivity contribution >= 4 is 23.0 Å². The summed E-state index contributed by atoms with van der Waals surface area (Å²) in [5.41, 5.74) is 2.38. The van der Waals surface area contributed by atoms with Crippen molar-refractivity contribution in [2.24, 2.45) is 0 Å². The number of unbranched alkanes of at least 4 members (excludes halogenated alkanes) is 2. The Morgan fingerprint density at radius 1 is 1.12 bits per heavy atom. The van der Waals surface area contributed by atoms with Gasteiger partial charge in [0.25, 0.3) is 5.91 Å². The molecule has 7 heteroatoms. The van der Waals surface area contributed by atoms with Crippen LogP contribution in [0.3, 0.4) is 0 Å². The highest BCUT2D eigenvalue weighted by Crippen LogP contribution is 2.40. The molecular formula is C25H25N3O3S. The van der Waals surface area contributed by atoms with Gasteiger partial charge in [-0.1, -0.05) is 50.1 Å². The number of pyridine rings is 1. The maximum atomic E-state index is 13.7. The standard InChI is InChI=1S/C25H25N3O3S/c1-3-4-8-15-28-20(17-11-13-26-14-12-17)19(22(30)25(28)31)21(29)23-16(2)27-24(32-23)18-9-6-5-7-10-18/h5-7,9-14,20,30H,3-4,8,15H2,1-2H3. The maximum absolute atomic E-state index is 13.7. The van der Waals surface area contributed by atoms with Crippen LogP contribution in [-0.4, -0.2) is 38.2 Å². The molecule has 2 aromatic heterocycles. The molecule has 1 atom stereocenters. The van der Waals surface area contributed by atoms with Gasteiger partial charge >= 0.3 is 0 Å². The van der Waals surface area contributed by atoms with Crippen molar-refractivity contribution in [1.82, 2.24) is 14.9 Å². The molecule has 32 heavy (non-hydrogen) atoms. The molecule has 0 bridgehead atoms. The summed E-state index contributed by atoms with van der Waals surface area (Å²) >= 11 is 1.28. The van der Waals surface area contributed by atoms with Gasteiger partial charge < -0.3 is 10.0 Å². The fourth-order valence-corrected chi connectivity index (χ4v) is 5.00. The van der Waals surface area contributed by atoms with Crippen molar-refractivity contribution in [3.05, 3.63) is 82.3 Å². The molecule has 1 N–H and O–H groups in total. The number of amides is 1. The number of rotatable bonds is 8. The van der Waals surface area contributed by atoms with Crippen LogP contribution >= 0.6 is 11.3 Å². The minimum atomic E-state index is -0.642. The number of aromatic nitrogens is 2. The average molecular weight is 448 g/mol. The molecule has 4 rings (SSSR count). The van der Waals surface area contributed by atoms with E-state index >= 15 is 0 Å². The predicted molar refractivity (Wildman–Crippen MR) is 124 cm³/mol. The molecule has 1 aliphatic rings. The zero-order valence-electron chi connectivity index (χ0n) is 18.1. The summed E-state index contributed by atoms with van der Waals surface area (Å²) in [4.78, 5) is 37.3. The van der Waals surface area contributed by atoms with Gasteiger partial charge in [-0.2, -0.15) is 0 Å². The molecule has 1 aliphatic heterocycles. The fourth-order valence-electron chi connectivity index (χ4n) is 3.97. The van der Waals surface area contributed by atoms with Crippen LogP contribution in [0.1, 0.15) is 53.2 Å². The Kier molecular flexibility index (Phi) is 6.46. The van der Waals surface area contributed by atoms with E-state index in [9.17, 15) is 14.7 Å². The first-order valence-corrected chi connectivity index (χ1v) is 11.6. The minimum absolute atomic E-state index is 0.115. The van der Waals surface area contributed by atoms with Gasteiger partial charge in [0.2, 0.25) is 5.78 Å². The van der Waals surface area contributed by atoms with Gasteiger partial charge in [0.05, 0.1) is 22.2 Å². The molecule has 0 spiro atoms. The van der Waals surface area contributed by atoms with E-state index in [0.717, 1.165) is 35.4 Å². The highest BCUT2D eigenvalue weighted by molar-refractivity contribution is 7.17. The number of hydrogen-bond acceptors (Lipinski definition) is 6. The molecule has 0 saturated carbocycles. The third-order valence-electron chi connectivity index (χ3n) is 5.60. The number of aliphatic hydroxyl groups is 1. The number of nitrogens with zero attached hydrogens (tertiary/aromatic N) is 3. The van der Waals surface area contributed by atoms with E-state index < -0.39 is 17.7 Å². The summed E-state index contributed by atoms with van der Waals surface area (Å²) in [7, 11) is 0. The highest BCUT2D eigenvalue weighted by Gasteiger charge is 2.44. The largest absolute Gasteiger partial charge is 0.503 e. The Balaban J connectivity index is 1.74. The smallest absolute Gasteiger partial charge is 0.290 e. The van der Waals surface area contributed by atoms with Crippen LogP contribution in [0.4, 0.5) is 0 Å². The highest BCUT2D eigenvalue weighted by atomic mass is 32.1. The third kappa shape index (κ3) is 4.08. The molecule has 0 fully saturated rings. The number of ketones is 1. The quantitative estimate of drug-likeness (QED) is 0.375. The number of aryl methyl sites for hydroxylation is 1. The van der Waals surface area contributed by atoms with Crippen molar-refractivity contribution in [3.8, 4) is 10.6 Å². The van der Waals surface area contributed by atoms with E-state index in [1.165, 1.54) is 11.3 Å². The second-order valence-corrected chi connectivity index (χ2v) is 8.78. The van der Waals surface area contributed by atoms with Gasteiger partial charge in [-0.3, -0.25) is 14.6 Å². The van der Waals surface area contributed by atoms with Gasteiger partial charge in [-0.15, -0.1) is 11.3 Å². The van der Waals surface area contributed by atoms with E-state index in [2.05, 4.69) is 16.9 Å². The number of hydrogen-bond donors (Lipinski definition) is 1. The molecule has 0 saturated heterocycles. The maximum Gasteiger partial charge on any atom is 0.290 e. The second-order valence-electron chi connectivity index (χ2n) is 7.78. The summed E-state index contributed by atoms with van der Waals surface area (Å²) in [5.74, 6) is -1.33. The van der Waals surface area contributed by atoms with Crippen LogP contribution in [0.25, 0.3) is 10.6 Å². The van der Waals surface area contributed by atoms with Crippen molar-refractivity contribution in [1.29, 1.82) is 0 Å². The molecule has 3 heterocycles. The zero-order valence-corrected chi connectivity index (χ0v) is 18.9. The van der Waals surface area contributed by atoms with E-state index in [1.54, 1.807) is 36.4 Å². The Hall–Kier alpha value is -3.32. The fraction of sp³-hybridized carbons (Fsp3) is 0.280. The average Bonchev–Trinajstić information content (AvgIpc) is 3.33. The summed E-state index contributed by atoms with van der Waals surface area (Å²) in [6, 6.07) is 12.6. The SMILES string of the molecule is CCCCCN1C(=O)C(O)=C(C(=O)c2sc(-c3ccccc3)nc2C)C1c1ccncc1. The van der Waals surface area contributed by atoms with Gasteiger partial charge in [-0.25, -0.2) is 4.98 Å². The number of Topliss-reactive ketones (excluding diaryl/α,β-unsaturated/α-hetero) is 1. The van der Waals surface area contributed by atoms with Gasteiger partial charge in [0.15, 0.2) is 5.76 Å². The predicted octanol–water partition coefficient (Wildman–Crippen LogP) is 5.28. The molecule has 1 unspecified atom stereocenters. The Morgan fingerprint density at radius 3 is 2.53 bits per heavy atom. The first-order chi connectivity index (χ1) is 15.5. The summed E-state index contributed by atoms with van der Waals surface area (Å²) in [6.07, 6.45) is 6.04. The van der Waals surface area contributed by atoms with Gasteiger partial charge in [0.1, 0.15) is 5.01 Å². The topological polar surface area (TPSA) is 83.4 Å². The summed E-state index contributed by atoms with van der Waals surface area (Å²) in [6.45, 7) is 4.34. The Morgan fingerprint density at radius 2 is 1.84 bits per heavy atom. The Labute approximate surface area is 191 Å². The van der Waals surface area contributed by atoms with Gasteiger partial charge in [-0.05, 0) is 31.0 Å². The van der Waals surface area contributed by atoms with Crippen LogP contribution in [0.5, 0.6) is 0 Å². The lowest BCUT2D eigenvalue weighted by molar-refractivity contribution is -0.129. The lowest BCUT2D eigenvalue weighted by Crippen LogP contribution is -2.32. The number of aliphatic hydroxyl groups excluding tert-OH is 1. The first kappa shape index (κ1) is 21.9. The zero-order chi connectivity index (χ0) is 22.7. The molecule has 3 aromatic rings. The number of carbonyl (C=O) groups excluding carboxylic acids is 2. The van der Waals surface area contributed by atoms with Gasteiger partial charge in [0, 0.05) is 24.5 Å². The lowest BCUT2D eigenvalue weighted by atomic mass is 9.95. The van der Waals surface area contributed by atoms with Crippen LogP contribution in [0, 0.1) is 6.92 Å². The van der Waals surface area contributed by atoms with Crippen molar-refractivity contribution in [2.45, 2.75) is 39.2 Å². The van der Waals surface area contributed by atoms with Crippen LogP contribution < -0.4 is 0 Å². The van der Waals surface area contributed by atoms with E-state index in [1.807, 2.05) is 30.3 Å². The van der Waals surface area contributed by atoms with Crippen LogP contribution in [0.2, 0.25) is 0 Å².